The third-order valence-corrected chi connectivity index (χ3v) is 9.90. The van der Waals surface area contributed by atoms with Gasteiger partial charge < -0.3 is 9.47 Å². The first-order valence-electron chi connectivity index (χ1n) is 15.3. The molecule has 0 spiro atoms. The summed E-state index contributed by atoms with van der Waals surface area (Å²) in [5.41, 5.74) is 9.35. The monoisotopic (exact) mass is 592 g/mol. The highest BCUT2D eigenvalue weighted by atomic mass is 32.1. The lowest BCUT2D eigenvalue weighted by atomic mass is 9.98. The van der Waals surface area contributed by atoms with Crippen LogP contribution in [0.5, 0.6) is 0 Å². The first-order valence-corrected chi connectivity index (χ1v) is 16.1. The number of para-hydroxylation sites is 3. The van der Waals surface area contributed by atoms with Crippen LogP contribution in [0.4, 0.5) is 17.1 Å². The van der Waals surface area contributed by atoms with E-state index in [4.69, 9.17) is 0 Å². The summed E-state index contributed by atoms with van der Waals surface area (Å²) in [7, 11) is 0. The van der Waals surface area contributed by atoms with Crippen molar-refractivity contribution in [1.29, 1.82) is 0 Å². The van der Waals surface area contributed by atoms with Crippen molar-refractivity contribution in [2.75, 3.05) is 4.90 Å². The molecule has 0 bridgehead atoms. The number of rotatable bonds is 5. The summed E-state index contributed by atoms with van der Waals surface area (Å²) in [4.78, 5) is 2.43. The van der Waals surface area contributed by atoms with Crippen molar-refractivity contribution in [3.05, 3.63) is 170 Å². The van der Waals surface area contributed by atoms with Crippen molar-refractivity contribution in [2.24, 2.45) is 0 Å². The maximum atomic E-state index is 2.44. The van der Waals surface area contributed by atoms with Gasteiger partial charge in [-0.1, -0.05) is 115 Å². The van der Waals surface area contributed by atoms with Crippen molar-refractivity contribution in [3.8, 4) is 16.8 Å². The number of aromatic nitrogens is 1. The summed E-state index contributed by atoms with van der Waals surface area (Å²) in [5.74, 6) is 0. The van der Waals surface area contributed by atoms with Crippen LogP contribution >= 0.6 is 11.3 Å². The van der Waals surface area contributed by atoms with Gasteiger partial charge in [0.15, 0.2) is 0 Å². The van der Waals surface area contributed by atoms with Gasteiger partial charge >= 0.3 is 0 Å². The van der Waals surface area contributed by atoms with Gasteiger partial charge in [-0.2, -0.15) is 0 Å². The highest BCUT2D eigenvalue weighted by Gasteiger charge is 2.24. The molecule has 0 aliphatic heterocycles. The lowest BCUT2D eigenvalue weighted by Gasteiger charge is -2.27. The fourth-order valence-corrected chi connectivity index (χ4v) is 7.96. The van der Waals surface area contributed by atoms with Crippen molar-refractivity contribution < 1.29 is 0 Å². The smallest absolute Gasteiger partial charge is 0.0788 e. The molecule has 0 amide bonds. The fourth-order valence-electron chi connectivity index (χ4n) is 6.82. The molecule has 2 nitrogen and oxygen atoms in total. The molecule has 0 aliphatic carbocycles. The second-order valence-corrected chi connectivity index (χ2v) is 12.4. The van der Waals surface area contributed by atoms with Gasteiger partial charge in [-0.3, -0.25) is 0 Å². The molecule has 45 heavy (non-hydrogen) atoms. The topological polar surface area (TPSA) is 8.17 Å². The third-order valence-electron chi connectivity index (χ3n) is 8.77. The highest BCUT2D eigenvalue weighted by molar-refractivity contribution is 7.25. The van der Waals surface area contributed by atoms with E-state index in [0.717, 1.165) is 22.7 Å². The first-order chi connectivity index (χ1) is 22.3. The summed E-state index contributed by atoms with van der Waals surface area (Å²) in [6, 6.07) is 61.4. The molecule has 2 heterocycles. The van der Waals surface area contributed by atoms with E-state index in [0.29, 0.717) is 0 Å². The summed E-state index contributed by atoms with van der Waals surface area (Å²) in [6.45, 7) is 0. The van der Waals surface area contributed by atoms with Gasteiger partial charge in [0.25, 0.3) is 0 Å². The van der Waals surface area contributed by atoms with Crippen molar-refractivity contribution in [1.82, 2.24) is 4.57 Å². The zero-order chi connectivity index (χ0) is 29.7. The van der Waals surface area contributed by atoms with E-state index in [1.54, 1.807) is 0 Å². The molecule has 3 heteroatoms. The minimum absolute atomic E-state index is 1.12. The minimum atomic E-state index is 1.12. The molecule has 0 aliphatic rings. The van der Waals surface area contributed by atoms with Gasteiger partial charge in [0.1, 0.15) is 0 Å². The molecular weight excluding hydrogens is 565 g/mol. The average Bonchev–Trinajstić information content (AvgIpc) is 3.66. The van der Waals surface area contributed by atoms with Crippen LogP contribution in [0.1, 0.15) is 0 Å². The maximum Gasteiger partial charge on any atom is 0.0788 e. The van der Waals surface area contributed by atoms with E-state index in [1.807, 2.05) is 11.3 Å². The van der Waals surface area contributed by atoms with E-state index >= 15 is 0 Å². The highest BCUT2D eigenvalue weighted by Crippen LogP contribution is 2.47. The molecule has 9 rings (SSSR count). The van der Waals surface area contributed by atoms with Gasteiger partial charge in [-0.25, -0.2) is 0 Å². The molecule has 7 aromatic carbocycles. The Balaban J connectivity index is 1.41. The Morgan fingerprint density at radius 1 is 0.467 bits per heavy atom. The number of benzene rings is 7. The minimum Gasteiger partial charge on any atom is -0.308 e. The second-order valence-electron chi connectivity index (χ2n) is 11.4. The third kappa shape index (κ3) is 4.16. The Morgan fingerprint density at radius 2 is 1.11 bits per heavy atom. The van der Waals surface area contributed by atoms with E-state index in [-0.39, 0.29) is 0 Å². The van der Waals surface area contributed by atoms with Gasteiger partial charge in [0.2, 0.25) is 0 Å². The SMILES string of the molecule is c1ccc(-c2ccc(N(c3ccccc3)c3ccc4c(c3)sc3ccccc34)c3c2c2ccccc2n3-c2ccccc2)cc1. The van der Waals surface area contributed by atoms with Crippen LogP contribution in [0.15, 0.2) is 170 Å². The van der Waals surface area contributed by atoms with E-state index in [9.17, 15) is 0 Å². The zero-order valence-electron chi connectivity index (χ0n) is 24.5. The molecule has 0 N–H and O–H groups in total. The first kappa shape index (κ1) is 25.8. The summed E-state index contributed by atoms with van der Waals surface area (Å²) < 4.78 is 5.05. The average molecular weight is 593 g/mol. The Kier molecular flexibility index (Phi) is 6.03. The predicted octanol–water partition coefficient (Wildman–Crippen LogP) is 12.3. The maximum absolute atomic E-state index is 2.44. The molecule has 0 saturated heterocycles. The predicted molar refractivity (Wildman–Crippen MR) is 194 cm³/mol. The van der Waals surface area contributed by atoms with Gasteiger partial charge in [-0.05, 0) is 65.7 Å². The normalized spacial score (nSPS) is 11.6. The van der Waals surface area contributed by atoms with Gasteiger partial charge in [0, 0.05) is 48.0 Å². The molecule has 2 aromatic heterocycles. The van der Waals surface area contributed by atoms with Crippen LogP contribution < -0.4 is 4.90 Å². The summed E-state index contributed by atoms with van der Waals surface area (Å²) in [5, 5.41) is 5.11. The molecule has 212 valence electrons. The van der Waals surface area contributed by atoms with Crippen LogP contribution in [0.2, 0.25) is 0 Å². The molecule has 9 aromatic rings. The molecule has 0 radical (unpaired) electrons. The number of thiophene rings is 1. The van der Waals surface area contributed by atoms with Crippen LogP contribution in [0.25, 0.3) is 58.8 Å². The fraction of sp³-hybridized carbons (Fsp3) is 0. The Hall–Kier alpha value is -5.64. The molecular formula is C42H28N2S. The zero-order valence-corrected chi connectivity index (χ0v) is 25.3. The molecule has 0 fully saturated rings. The Bertz CT molecular complexity index is 2470. The second kappa shape index (κ2) is 10.5. The van der Waals surface area contributed by atoms with Crippen molar-refractivity contribution in [2.45, 2.75) is 0 Å². The lowest BCUT2D eigenvalue weighted by Crippen LogP contribution is -2.11. The molecule has 0 saturated carbocycles. The lowest BCUT2D eigenvalue weighted by molar-refractivity contribution is 1.17. The van der Waals surface area contributed by atoms with Gasteiger partial charge in [-0.15, -0.1) is 11.3 Å². The van der Waals surface area contributed by atoms with E-state index < -0.39 is 0 Å². The Morgan fingerprint density at radius 3 is 1.91 bits per heavy atom. The quantitative estimate of drug-likeness (QED) is 0.193. The number of nitrogens with zero attached hydrogens (tertiary/aromatic N) is 2. The van der Waals surface area contributed by atoms with Crippen LogP contribution in [0.3, 0.4) is 0 Å². The van der Waals surface area contributed by atoms with Gasteiger partial charge in [0.05, 0.1) is 16.7 Å². The number of hydrogen-bond donors (Lipinski definition) is 0. The van der Waals surface area contributed by atoms with Crippen molar-refractivity contribution >= 4 is 70.4 Å². The molecule has 0 unspecified atom stereocenters. The Labute approximate surface area is 265 Å². The standard InChI is InChI=1S/C42H28N2S/c1-4-14-29(15-5-1)33-26-27-38(42-41(33)36-21-10-12-22-37(36)44(42)31-18-8-3-9-19-31)43(30-16-6-2-7-17-30)32-24-25-35-34-20-11-13-23-39(34)45-40(35)28-32/h1-28H. The summed E-state index contributed by atoms with van der Waals surface area (Å²) in [6.07, 6.45) is 0. The number of anilines is 3. The van der Waals surface area contributed by atoms with Crippen LogP contribution in [-0.2, 0) is 0 Å². The molecule has 0 atom stereocenters. The summed E-state index contributed by atoms with van der Waals surface area (Å²) >= 11 is 1.86. The van der Waals surface area contributed by atoms with E-state index in [1.165, 1.54) is 53.1 Å². The van der Waals surface area contributed by atoms with E-state index in [2.05, 4.69) is 179 Å². The van der Waals surface area contributed by atoms with Crippen LogP contribution in [-0.4, -0.2) is 4.57 Å². The number of fused-ring (bicyclic) bond motifs is 6. The van der Waals surface area contributed by atoms with Crippen molar-refractivity contribution in [3.63, 3.8) is 0 Å². The van der Waals surface area contributed by atoms with Crippen LogP contribution in [0, 0.1) is 0 Å². The number of hydrogen-bond acceptors (Lipinski definition) is 2. The largest absolute Gasteiger partial charge is 0.308 e.